The molecule has 2 aromatic rings. The second-order valence-corrected chi connectivity index (χ2v) is 5.69. The highest BCUT2D eigenvalue weighted by molar-refractivity contribution is 7.18. The normalized spacial score (nSPS) is 10.2. The van der Waals surface area contributed by atoms with E-state index in [1.807, 2.05) is 13.0 Å². The molecular weight excluding hydrogens is 284 g/mol. The van der Waals surface area contributed by atoms with Gasteiger partial charge in [-0.25, -0.2) is 4.79 Å². The second kappa shape index (κ2) is 5.99. The van der Waals surface area contributed by atoms with Crippen molar-refractivity contribution in [2.45, 2.75) is 6.92 Å². The van der Waals surface area contributed by atoms with Crippen molar-refractivity contribution in [2.24, 2.45) is 0 Å². The Labute approximate surface area is 119 Å². The van der Waals surface area contributed by atoms with Gasteiger partial charge in [-0.2, -0.15) is 0 Å². The number of rotatable bonds is 4. The minimum Gasteiger partial charge on any atom is -0.454 e. The molecule has 0 atom stereocenters. The zero-order valence-electron chi connectivity index (χ0n) is 10.2. The fraction of sp³-hybridized carbons (Fsp3) is 0.143. The number of benzene rings is 1. The summed E-state index contributed by atoms with van der Waals surface area (Å²) in [7, 11) is 0. The maximum absolute atomic E-state index is 11.7. The molecule has 0 aliphatic rings. The van der Waals surface area contributed by atoms with Gasteiger partial charge in [0.05, 0.1) is 14.8 Å². The first-order valence-electron chi connectivity index (χ1n) is 5.58. The molecule has 98 valence electrons. The molecule has 0 amide bonds. The molecule has 0 unspecified atom stereocenters. The van der Waals surface area contributed by atoms with Gasteiger partial charge in [-0.1, -0.05) is 29.3 Å². The SMILES string of the molecule is Cc1cccc(C(=O)OCC(=O)c2ccc(Cl)s2)c1. The van der Waals surface area contributed by atoms with Crippen molar-refractivity contribution in [1.82, 2.24) is 0 Å². The summed E-state index contributed by atoms with van der Waals surface area (Å²) in [4.78, 5) is 24.0. The lowest BCUT2D eigenvalue weighted by Gasteiger charge is -2.03. The van der Waals surface area contributed by atoms with Crippen LogP contribution in [-0.2, 0) is 4.74 Å². The Kier molecular flexibility index (Phi) is 4.35. The van der Waals surface area contributed by atoms with Crippen LogP contribution in [0, 0.1) is 6.92 Å². The molecule has 19 heavy (non-hydrogen) atoms. The van der Waals surface area contributed by atoms with Gasteiger partial charge in [0.25, 0.3) is 0 Å². The van der Waals surface area contributed by atoms with Crippen LogP contribution in [0.2, 0.25) is 4.34 Å². The van der Waals surface area contributed by atoms with E-state index in [-0.39, 0.29) is 12.4 Å². The average Bonchev–Trinajstić information content (AvgIpc) is 2.82. The molecule has 0 spiro atoms. The fourth-order valence-electron chi connectivity index (χ4n) is 1.52. The number of Topliss-reactive ketones (excluding diaryl/α,β-unsaturated/α-hetero) is 1. The van der Waals surface area contributed by atoms with Gasteiger partial charge in [0.2, 0.25) is 5.78 Å². The lowest BCUT2D eigenvalue weighted by molar-refractivity contribution is 0.0476. The van der Waals surface area contributed by atoms with Crippen molar-refractivity contribution >= 4 is 34.7 Å². The lowest BCUT2D eigenvalue weighted by Crippen LogP contribution is -2.13. The molecule has 0 aliphatic carbocycles. The van der Waals surface area contributed by atoms with E-state index in [1.54, 1.807) is 30.3 Å². The standard InChI is InChI=1S/C14H11ClO3S/c1-9-3-2-4-10(7-9)14(17)18-8-11(16)12-5-6-13(15)19-12/h2-7H,8H2,1H3. The summed E-state index contributed by atoms with van der Waals surface area (Å²) in [6.07, 6.45) is 0. The van der Waals surface area contributed by atoms with Crippen LogP contribution in [0.25, 0.3) is 0 Å². The first kappa shape index (κ1) is 13.8. The van der Waals surface area contributed by atoms with Gasteiger partial charge < -0.3 is 4.74 Å². The van der Waals surface area contributed by atoms with E-state index in [4.69, 9.17) is 16.3 Å². The van der Waals surface area contributed by atoms with Crippen molar-refractivity contribution < 1.29 is 14.3 Å². The molecule has 0 saturated heterocycles. The van der Waals surface area contributed by atoms with Crippen molar-refractivity contribution in [3.8, 4) is 0 Å². The zero-order valence-corrected chi connectivity index (χ0v) is 11.8. The van der Waals surface area contributed by atoms with Gasteiger partial charge in [-0.05, 0) is 31.2 Å². The van der Waals surface area contributed by atoms with Gasteiger partial charge in [0.1, 0.15) is 0 Å². The van der Waals surface area contributed by atoms with Gasteiger partial charge in [0.15, 0.2) is 6.61 Å². The van der Waals surface area contributed by atoms with Crippen molar-refractivity contribution in [3.05, 3.63) is 56.7 Å². The summed E-state index contributed by atoms with van der Waals surface area (Å²) in [6.45, 7) is 1.61. The molecule has 0 bridgehead atoms. The smallest absolute Gasteiger partial charge is 0.338 e. The summed E-state index contributed by atoms with van der Waals surface area (Å²) in [6, 6.07) is 10.3. The minimum atomic E-state index is -0.500. The van der Waals surface area contributed by atoms with E-state index >= 15 is 0 Å². The highest BCUT2D eigenvalue weighted by Gasteiger charge is 2.13. The Morgan fingerprint density at radius 1 is 1.26 bits per heavy atom. The van der Waals surface area contributed by atoms with E-state index in [9.17, 15) is 9.59 Å². The Bertz CT molecular complexity index is 619. The minimum absolute atomic E-state index is 0.252. The summed E-state index contributed by atoms with van der Waals surface area (Å²) >= 11 is 6.91. The molecule has 0 aliphatic heterocycles. The molecule has 1 heterocycles. The van der Waals surface area contributed by atoms with Crippen LogP contribution in [0.4, 0.5) is 0 Å². The van der Waals surface area contributed by atoms with Gasteiger partial charge >= 0.3 is 5.97 Å². The van der Waals surface area contributed by atoms with E-state index < -0.39 is 5.97 Å². The van der Waals surface area contributed by atoms with Crippen LogP contribution in [0.3, 0.4) is 0 Å². The second-order valence-electron chi connectivity index (χ2n) is 3.97. The number of ketones is 1. The maximum atomic E-state index is 11.7. The average molecular weight is 295 g/mol. The Hall–Kier alpha value is -1.65. The number of hydrogen-bond acceptors (Lipinski definition) is 4. The molecular formula is C14H11ClO3S. The fourth-order valence-corrected chi connectivity index (χ4v) is 2.49. The lowest BCUT2D eigenvalue weighted by atomic mass is 10.1. The van der Waals surface area contributed by atoms with Crippen LogP contribution in [0.5, 0.6) is 0 Å². The van der Waals surface area contributed by atoms with E-state index in [0.717, 1.165) is 5.56 Å². The number of esters is 1. The number of halogens is 1. The van der Waals surface area contributed by atoms with Crippen LogP contribution < -0.4 is 0 Å². The van der Waals surface area contributed by atoms with Gasteiger partial charge in [0, 0.05) is 0 Å². The highest BCUT2D eigenvalue weighted by Crippen LogP contribution is 2.21. The molecule has 0 saturated carbocycles. The van der Waals surface area contributed by atoms with Crippen molar-refractivity contribution in [3.63, 3.8) is 0 Å². The first-order valence-corrected chi connectivity index (χ1v) is 6.78. The predicted molar refractivity (Wildman–Crippen MR) is 75.1 cm³/mol. The monoisotopic (exact) mass is 294 g/mol. The number of aryl methyl sites for hydroxylation is 1. The van der Waals surface area contributed by atoms with Crippen molar-refractivity contribution in [1.29, 1.82) is 0 Å². The van der Waals surface area contributed by atoms with Gasteiger partial charge in [-0.15, -0.1) is 11.3 Å². The third kappa shape index (κ3) is 3.66. The van der Waals surface area contributed by atoms with E-state index in [1.165, 1.54) is 11.3 Å². The Balaban J connectivity index is 1.95. The maximum Gasteiger partial charge on any atom is 0.338 e. The first-order chi connectivity index (χ1) is 9.06. The van der Waals surface area contributed by atoms with Crippen LogP contribution in [0.1, 0.15) is 25.6 Å². The summed E-state index contributed by atoms with van der Waals surface area (Å²) in [5.74, 6) is -0.752. The molecule has 3 nitrogen and oxygen atoms in total. The van der Waals surface area contributed by atoms with Crippen LogP contribution in [0.15, 0.2) is 36.4 Å². The summed E-state index contributed by atoms with van der Waals surface area (Å²) in [5, 5.41) is 0. The zero-order chi connectivity index (χ0) is 13.8. The quantitative estimate of drug-likeness (QED) is 0.637. The van der Waals surface area contributed by atoms with E-state index in [0.29, 0.717) is 14.8 Å². The predicted octanol–water partition coefficient (Wildman–Crippen LogP) is 3.75. The molecule has 0 fully saturated rings. The number of hydrogen-bond donors (Lipinski definition) is 0. The third-order valence-electron chi connectivity index (χ3n) is 2.44. The Morgan fingerprint density at radius 2 is 2.05 bits per heavy atom. The number of carbonyl (C=O) groups excluding carboxylic acids is 2. The van der Waals surface area contributed by atoms with Gasteiger partial charge in [-0.3, -0.25) is 4.79 Å². The van der Waals surface area contributed by atoms with Crippen LogP contribution in [-0.4, -0.2) is 18.4 Å². The van der Waals surface area contributed by atoms with Crippen LogP contribution >= 0.6 is 22.9 Å². The molecule has 1 aromatic carbocycles. The molecule has 0 N–H and O–H groups in total. The number of thiophene rings is 1. The molecule has 0 radical (unpaired) electrons. The Morgan fingerprint density at radius 3 is 2.68 bits per heavy atom. The number of carbonyl (C=O) groups is 2. The largest absolute Gasteiger partial charge is 0.454 e. The van der Waals surface area contributed by atoms with Crippen molar-refractivity contribution in [2.75, 3.05) is 6.61 Å². The van der Waals surface area contributed by atoms with E-state index in [2.05, 4.69) is 0 Å². The molecule has 5 heteroatoms. The highest BCUT2D eigenvalue weighted by atomic mass is 35.5. The third-order valence-corrected chi connectivity index (χ3v) is 3.71. The number of ether oxygens (including phenoxy) is 1. The molecule has 2 rings (SSSR count). The summed E-state index contributed by atoms with van der Waals surface area (Å²) < 4.78 is 5.52. The summed E-state index contributed by atoms with van der Waals surface area (Å²) in [5.41, 5.74) is 1.41. The molecule has 1 aromatic heterocycles. The topological polar surface area (TPSA) is 43.4 Å².